The van der Waals surface area contributed by atoms with Crippen LogP contribution in [-0.2, 0) is 0 Å². The predicted octanol–water partition coefficient (Wildman–Crippen LogP) is 4.19. The lowest BCUT2D eigenvalue weighted by Gasteiger charge is -2.04. The Kier molecular flexibility index (Phi) is 4.89. The summed E-state index contributed by atoms with van der Waals surface area (Å²) in [4.78, 5) is 23.9. The lowest BCUT2D eigenvalue weighted by Crippen LogP contribution is -2.01. The number of allylic oxidation sites excluding steroid dienone is 1. The molecule has 0 aromatic heterocycles. The molecule has 3 heteroatoms. The van der Waals surface area contributed by atoms with Crippen molar-refractivity contribution >= 4 is 17.6 Å². The maximum Gasteiger partial charge on any atom is 0.189 e. The number of carbonyl (C=O) groups is 2. The Morgan fingerprint density at radius 1 is 1.09 bits per heavy atom. The van der Waals surface area contributed by atoms with Gasteiger partial charge in [-0.25, -0.2) is 0 Å². The van der Waals surface area contributed by atoms with E-state index in [2.05, 4.69) is 0 Å². The number of phenols is 1. The molecule has 0 bridgehead atoms. The first-order valence-electron chi connectivity index (χ1n) is 7.16. The smallest absolute Gasteiger partial charge is 0.189 e. The Hall–Kier alpha value is -2.68. The molecule has 2 aromatic carbocycles. The number of carbonyl (C=O) groups excluding carboxylic acids is 2. The SMILES string of the molecule is CCC(=O)c1ccc(O)c(C(=O)C=Cc2ccc(C)cc2)c1. The van der Waals surface area contributed by atoms with Crippen molar-refractivity contribution in [2.45, 2.75) is 20.3 Å². The van der Waals surface area contributed by atoms with Crippen molar-refractivity contribution in [3.8, 4) is 5.75 Å². The fourth-order valence-corrected chi connectivity index (χ4v) is 2.05. The van der Waals surface area contributed by atoms with Crippen molar-refractivity contribution < 1.29 is 14.7 Å². The summed E-state index contributed by atoms with van der Waals surface area (Å²) in [6.45, 7) is 3.75. The number of hydrogen-bond donors (Lipinski definition) is 1. The number of Topliss-reactive ketones (excluding diaryl/α,β-unsaturated/α-hetero) is 1. The Balaban J connectivity index is 2.25. The van der Waals surface area contributed by atoms with Gasteiger partial charge in [0.2, 0.25) is 0 Å². The van der Waals surface area contributed by atoms with E-state index in [1.807, 2.05) is 31.2 Å². The van der Waals surface area contributed by atoms with Crippen LogP contribution in [0.5, 0.6) is 5.75 Å². The summed E-state index contributed by atoms with van der Waals surface area (Å²) in [6, 6.07) is 12.1. The van der Waals surface area contributed by atoms with Crippen molar-refractivity contribution in [1.82, 2.24) is 0 Å². The topological polar surface area (TPSA) is 54.4 Å². The van der Waals surface area contributed by atoms with Gasteiger partial charge in [-0.15, -0.1) is 0 Å². The predicted molar refractivity (Wildman–Crippen MR) is 87.3 cm³/mol. The molecule has 0 atom stereocenters. The first kappa shape index (κ1) is 15.7. The van der Waals surface area contributed by atoms with Gasteiger partial charge < -0.3 is 5.11 Å². The number of aryl methyl sites for hydroxylation is 1. The maximum atomic E-state index is 12.2. The van der Waals surface area contributed by atoms with E-state index in [0.717, 1.165) is 11.1 Å². The van der Waals surface area contributed by atoms with Crippen LogP contribution >= 0.6 is 0 Å². The molecular weight excluding hydrogens is 276 g/mol. The van der Waals surface area contributed by atoms with Gasteiger partial charge in [-0.2, -0.15) is 0 Å². The number of ketones is 2. The monoisotopic (exact) mass is 294 g/mol. The van der Waals surface area contributed by atoms with Crippen molar-refractivity contribution in [2.75, 3.05) is 0 Å². The molecule has 3 nitrogen and oxygen atoms in total. The molecule has 112 valence electrons. The van der Waals surface area contributed by atoms with Gasteiger partial charge in [-0.1, -0.05) is 42.8 Å². The number of rotatable bonds is 5. The van der Waals surface area contributed by atoms with E-state index >= 15 is 0 Å². The minimum Gasteiger partial charge on any atom is -0.507 e. The molecule has 0 aliphatic carbocycles. The second-order valence-electron chi connectivity index (χ2n) is 5.12. The molecule has 0 saturated heterocycles. The van der Waals surface area contributed by atoms with E-state index in [4.69, 9.17) is 0 Å². The molecule has 0 aliphatic heterocycles. The molecule has 0 aliphatic rings. The van der Waals surface area contributed by atoms with Crippen LogP contribution in [0, 0.1) is 6.92 Å². The van der Waals surface area contributed by atoms with Gasteiger partial charge in [-0.05, 0) is 36.8 Å². The third kappa shape index (κ3) is 3.70. The zero-order chi connectivity index (χ0) is 16.1. The Labute approximate surface area is 129 Å². The average molecular weight is 294 g/mol. The summed E-state index contributed by atoms with van der Waals surface area (Å²) in [6.07, 6.45) is 3.45. The highest BCUT2D eigenvalue weighted by Crippen LogP contribution is 2.21. The van der Waals surface area contributed by atoms with Gasteiger partial charge in [0.25, 0.3) is 0 Å². The Bertz CT molecular complexity index is 725. The zero-order valence-corrected chi connectivity index (χ0v) is 12.7. The quantitative estimate of drug-likeness (QED) is 0.664. The lowest BCUT2D eigenvalue weighted by atomic mass is 10.0. The maximum absolute atomic E-state index is 12.2. The minimum atomic E-state index is -0.330. The molecule has 0 fully saturated rings. The van der Waals surface area contributed by atoms with Crippen LogP contribution in [0.1, 0.15) is 45.2 Å². The minimum absolute atomic E-state index is 0.0587. The van der Waals surface area contributed by atoms with E-state index in [9.17, 15) is 14.7 Å². The fourth-order valence-electron chi connectivity index (χ4n) is 2.05. The zero-order valence-electron chi connectivity index (χ0n) is 12.7. The summed E-state index contributed by atoms with van der Waals surface area (Å²) in [7, 11) is 0. The van der Waals surface area contributed by atoms with Crippen LogP contribution < -0.4 is 0 Å². The van der Waals surface area contributed by atoms with Gasteiger partial charge in [0.1, 0.15) is 5.75 Å². The Morgan fingerprint density at radius 3 is 2.41 bits per heavy atom. The fraction of sp³-hybridized carbons (Fsp3) is 0.158. The van der Waals surface area contributed by atoms with Crippen LogP contribution in [0.3, 0.4) is 0 Å². The van der Waals surface area contributed by atoms with E-state index in [-0.39, 0.29) is 22.9 Å². The highest BCUT2D eigenvalue weighted by atomic mass is 16.3. The highest BCUT2D eigenvalue weighted by Gasteiger charge is 2.12. The third-order valence-corrected chi connectivity index (χ3v) is 3.41. The van der Waals surface area contributed by atoms with Crippen LogP contribution in [0.25, 0.3) is 6.08 Å². The van der Waals surface area contributed by atoms with E-state index in [1.54, 1.807) is 13.0 Å². The molecule has 1 N–H and O–H groups in total. The number of aromatic hydroxyl groups is 1. The van der Waals surface area contributed by atoms with E-state index < -0.39 is 0 Å². The van der Waals surface area contributed by atoms with Crippen LogP contribution in [0.4, 0.5) is 0 Å². The lowest BCUT2D eigenvalue weighted by molar-refractivity contribution is 0.0988. The summed E-state index contributed by atoms with van der Waals surface area (Å²) in [5.74, 6) is -0.508. The van der Waals surface area contributed by atoms with E-state index in [0.29, 0.717) is 12.0 Å². The molecule has 2 aromatic rings. The molecule has 2 rings (SSSR count). The molecule has 0 amide bonds. The largest absolute Gasteiger partial charge is 0.507 e. The molecule has 0 spiro atoms. The average Bonchev–Trinajstić information content (AvgIpc) is 2.53. The molecule has 0 heterocycles. The molecule has 0 radical (unpaired) electrons. The molecule has 0 unspecified atom stereocenters. The van der Waals surface area contributed by atoms with Gasteiger partial charge in [0, 0.05) is 12.0 Å². The number of phenolic OH excluding ortho intramolecular Hbond substituents is 1. The standard InChI is InChI=1S/C19H18O3/c1-3-17(20)15-9-11-19(22)16(12-15)18(21)10-8-14-6-4-13(2)5-7-14/h4-12,22H,3H2,1-2H3. The van der Waals surface area contributed by atoms with Gasteiger partial charge in [0.15, 0.2) is 11.6 Å². The molecular formula is C19H18O3. The summed E-state index contributed by atoms with van der Waals surface area (Å²) in [5.41, 5.74) is 2.63. The van der Waals surface area contributed by atoms with Crippen molar-refractivity contribution in [3.63, 3.8) is 0 Å². The van der Waals surface area contributed by atoms with Crippen molar-refractivity contribution in [3.05, 3.63) is 70.8 Å². The highest BCUT2D eigenvalue weighted by molar-refractivity contribution is 6.10. The van der Waals surface area contributed by atoms with Gasteiger partial charge in [0.05, 0.1) is 5.56 Å². The van der Waals surface area contributed by atoms with Crippen LogP contribution in [-0.4, -0.2) is 16.7 Å². The summed E-state index contributed by atoms with van der Waals surface area (Å²) < 4.78 is 0. The second-order valence-corrected chi connectivity index (χ2v) is 5.12. The molecule has 0 saturated carbocycles. The van der Waals surface area contributed by atoms with Crippen molar-refractivity contribution in [1.29, 1.82) is 0 Å². The first-order chi connectivity index (χ1) is 10.5. The second kappa shape index (κ2) is 6.85. The first-order valence-corrected chi connectivity index (χ1v) is 7.16. The van der Waals surface area contributed by atoms with Crippen molar-refractivity contribution in [2.24, 2.45) is 0 Å². The number of benzene rings is 2. The summed E-state index contributed by atoms with van der Waals surface area (Å²) in [5, 5.41) is 9.83. The summed E-state index contributed by atoms with van der Waals surface area (Å²) >= 11 is 0. The van der Waals surface area contributed by atoms with Gasteiger partial charge in [-0.3, -0.25) is 9.59 Å². The van der Waals surface area contributed by atoms with Crippen LogP contribution in [0.2, 0.25) is 0 Å². The van der Waals surface area contributed by atoms with E-state index in [1.165, 1.54) is 24.3 Å². The Morgan fingerprint density at radius 2 is 1.77 bits per heavy atom. The number of hydrogen-bond acceptors (Lipinski definition) is 3. The normalized spacial score (nSPS) is 10.8. The molecule has 22 heavy (non-hydrogen) atoms. The third-order valence-electron chi connectivity index (χ3n) is 3.41. The van der Waals surface area contributed by atoms with Crippen LogP contribution in [0.15, 0.2) is 48.5 Å². The van der Waals surface area contributed by atoms with Gasteiger partial charge >= 0.3 is 0 Å².